The second-order valence-electron chi connectivity index (χ2n) is 6.16. The van der Waals surface area contributed by atoms with Crippen LogP contribution in [-0.2, 0) is 0 Å². The standard InChI is InChI=1S/C13H24F2N2/c1-9(2)11-6-17(7-12(14)15)13(3,8-16-11)10-4-5-10/h9-12,16H,4-8H2,1-3H3. The van der Waals surface area contributed by atoms with E-state index >= 15 is 0 Å². The molecule has 1 saturated carbocycles. The molecule has 0 aromatic rings. The predicted molar refractivity (Wildman–Crippen MR) is 65.3 cm³/mol. The van der Waals surface area contributed by atoms with Gasteiger partial charge >= 0.3 is 0 Å². The molecule has 0 bridgehead atoms. The summed E-state index contributed by atoms with van der Waals surface area (Å²) >= 11 is 0. The van der Waals surface area contributed by atoms with Gasteiger partial charge in [0.2, 0.25) is 0 Å². The lowest BCUT2D eigenvalue weighted by molar-refractivity contribution is -0.0183. The van der Waals surface area contributed by atoms with Crippen molar-refractivity contribution in [2.45, 2.75) is 51.6 Å². The van der Waals surface area contributed by atoms with E-state index in [1.165, 1.54) is 12.8 Å². The predicted octanol–water partition coefficient (Wildman–Crippen LogP) is 2.35. The van der Waals surface area contributed by atoms with Crippen molar-refractivity contribution in [2.75, 3.05) is 19.6 Å². The molecule has 2 aliphatic rings. The Kier molecular flexibility index (Phi) is 3.74. The van der Waals surface area contributed by atoms with Crippen molar-refractivity contribution >= 4 is 0 Å². The highest BCUT2D eigenvalue weighted by atomic mass is 19.3. The van der Waals surface area contributed by atoms with Gasteiger partial charge < -0.3 is 5.32 Å². The van der Waals surface area contributed by atoms with Crippen LogP contribution in [0.1, 0.15) is 33.6 Å². The van der Waals surface area contributed by atoms with Gasteiger partial charge in [-0.05, 0) is 31.6 Å². The Labute approximate surface area is 103 Å². The zero-order valence-corrected chi connectivity index (χ0v) is 11.0. The first-order valence-corrected chi connectivity index (χ1v) is 6.70. The van der Waals surface area contributed by atoms with Gasteiger partial charge in [0.25, 0.3) is 6.43 Å². The van der Waals surface area contributed by atoms with E-state index in [2.05, 4.69) is 26.1 Å². The highest BCUT2D eigenvalue weighted by Gasteiger charge is 2.48. The van der Waals surface area contributed by atoms with Gasteiger partial charge in [-0.15, -0.1) is 0 Å². The summed E-state index contributed by atoms with van der Waals surface area (Å²) in [4.78, 5) is 2.04. The van der Waals surface area contributed by atoms with Crippen LogP contribution in [0.5, 0.6) is 0 Å². The zero-order chi connectivity index (χ0) is 12.6. The molecule has 1 saturated heterocycles. The van der Waals surface area contributed by atoms with Crippen molar-refractivity contribution in [1.82, 2.24) is 10.2 Å². The van der Waals surface area contributed by atoms with Crippen molar-refractivity contribution in [1.29, 1.82) is 0 Å². The van der Waals surface area contributed by atoms with Crippen molar-refractivity contribution in [2.24, 2.45) is 11.8 Å². The summed E-state index contributed by atoms with van der Waals surface area (Å²) in [6.45, 7) is 7.99. The van der Waals surface area contributed by atoms with Crippen molar-refractivity contribution in [3.63, 3.8) is 0 Å². The van der Waals surface area contributed by atoms with Crippen LogP contribution in [-0.4, -0.2) is 42.5 Å². The fourth-order valence-electron chi connectivity index (χ4n) is 2.96. The first-order valence-electron chi connectivity index (χ1n) is 6.70. The fraction of sp³-hybridized carbons (Fsp3) is 1.00. The molecule has 0 amide bonds. The largest absolute Gasteiger partial charge is 0.311 e. The molecule has 17 heavy (non-hydrogen) atoms. The highest BCUT2D eigenvalue weighted by molar-refractivity contribution is 5.05. The third-order valence-electron chi connectivity index (χ3n) is 4.48. The summed E-state index contributed by atoms with van der Waals surface area (Å²) < 4.78 is 25.4. The number of alkyl halides is 2. The van der Waals surface area contributed by atoms with Gasteiger partial charge in [0.05, 0.1) is 6.54 Å². The minimum absolute atomic E-state index is 0.0537. The van der Waals surface area contributed by atoms with Crippen molar-refractivity contribution < 1.29 is 8.78 Å². The van der Waals surface area contributed by atoms with Gasteiger partial charge in [-0.2, -0.15) is 0 Å². The Morgan fingerprint density at radius 1 is 1.35 bits per heavy atom. The maximum Gasteiger partial charge on any atom is 0.251 e. The van der Waals surface area contributed by atoms with E-state index in [4.69, 9.17) is 0 Å². The number of nitrogens with zero attached hydrogens (tertiary/aromatic N) is 1. The number of hydrogen-bond donors (Lipinski definition) is 1. The quantitative estimate of drug-likeness (QED) is 0.819. The van der Waals surface area contributed by atoms with Crippen LogP contribution < -0.4 is 5.32 Å². The normalized spacial score (nSPS) is 35.8. The summed E-state index contributed by atoms with van der Waals surface area (Å²) in [7, 11) is 0. The molecule has 0 aromatic carbocycles. The molecule has 100 valence electrons. The molecular formula is C13H24F2N2. The average Bonchev–Trinajstić information content (AvgIpc) is 3.03. The lowest BCUT2D eigenvalue weighted by atomic mass is 9.87. The second kappa shape index (κ2) is 4.81. The summed E-state index contributed by atoms with van der Waals surface area (Å²) in [5, 5.41) is 3.55. The van der Waals surface area contributed by atoms with E-state index in [0.29, 0.717) is 17.9 Å². The highest BCUT2D eigenvalue weighted by Crippen LogP contribution is 2.44. The maximum atomic E-state index is 12.7. The second-order valence-corrected chi connectivity index (χ2v) is 6.16. The number of halogens is 2. The van der Waals surface area contributed by atoms with E-state index in [1.807, 2.05) is 4.90 Å². The average molecular weight is 246 g/mol. The third kappa shape index (κ3) is 2.79. The summed E-state index contributed by atoms with van der Waals surface area (Å²) in [6, 6.07) is 0.348. The summed E-state index contributed by atoms with van der Waals surface area (Å²) in [5.74, 6) is 1.11. The van der Waals surface area contributed by atoms with Gasteiger partial charge in [0, 0.05) is 24.7 Å². The molecule has 2 fully saturated rings. The van der Waals surface area contributed by atoms with Gasteiger partial charge in [-0.3, -0.25) is 4.90 Å². The first kappa shape index (κ1) is 13.2. The summed E-state index contributed by atoms with van der Waals surface area (Å²) in [5.41, 5.74) is -0.0537. The molecular weight excluding hydrogens is 222 g/mol. The Balaban J connectivity index is 2.06. The van der Waals surface area contributed by atoms with Crippen LogP contribution in [0, 0.1) is 11.8 Å². The Hall–Kier alpha value is -0.220. The van der Waals surface area contributed by atoms with E-state index in [1.54, 1.807) is 0 Å². The minimum Gasteiger partial charge on any atom is -0.311 e. The molecule has 1 heterocycles. The van der Waals surface area contributed by atoms with Gasteiger partial charge in [-0.1, -0.05) is 13.8 Å². The van der Waals surface area contributed by atoms with Gasteiger partial charge in [-0.25, -0.2) is 8.78 Å². The SMILES string of the molecule is CC(C)C1CN(CC(F)F)C(C)(C2CC2)CN1. The molecule has 1 N–H and O–H groups in total. The Morgan fingerprint density at radius 3 is 2.47 bits per heavy atom. The lowest BCUT2D eigenvalue weighted by Gasteiger charge is -2.49. The lowest BCUT2D eigenvalue weighted by Crippen LogP contribution is -2.66. The molecule has 0 aromatic heterocycles. The Bertz CT molecular complexity index is 266. The molecule has 1 aliphatic heterocycles. The summed E-state index contributed by atoms with van der Waals surface area (Å²) in [6.07, 6.45) is 0.174. The molecule has 2 rings (SSSR count). The van der Waals surface area contributed by atoms with Crippen LogP contribution >= 0.6 is 0 Å². The molecule has 2 nitrogen and oxygen atoms in total. The van der Waals surface area contributed by atoms with Crippen LogP contribution in [0.4, 0.5) is 8.78 Å². The van der Waals surface area contributed by atoms with Crippen LogP contribution in [0.15, 0.2) is 0 Å². The molecule has 2 atom stereocenters. The smallest absolute Gasteiger partial charge is 0.251 e. The van der Waals surface area contributed by atoms with Crippen LogP contribution in [0.25, 0.3) is 0 Å². The van der Waals surface area contributed by atoms with Crippen molar-refractivity contribution in [3.05, 3.63) is 0 Å². The molecule has 0 spiro atoms. The van der Waals surface area contributed by atoms with Gasteiger partial charge in [0.1, 0.15) is 0 Å². The van der Waals surface area contributed by atoms with Crippen LogP contribution in [0.2, 0.25) is 0 Å². The molecule has 4 heteroatoms. The molecule has 1 aliphatic carbocycles. The third-order valence-corrected chi connectivity index (χ3v) is 4.48. The van der Waals surface area contributed by atoms with E-state index in [-0.39, 0.29) is 12.1 Å². The molecule has 0 radical (unpaired) electrons. The van der Waals surface area contributed by atoms with E-state index < -0.39 is 6.43 Å². The first-order chi connectivity index (χ1) is 7.93. The molecule has 2 unspecified atom stereocenters. The van der Waals surface area contributed by atoms with Crippen molar-refractivity contribution in [3.8, 4) is 0 Å². The maximum absolute atomic E-state index is 12.7. The van der Waals surface area contributed by atoms with E-state index in [0.717, 1.165) is 13.1 Å². The number of hydrogen-bond acceptors (Lipinski definition) is 2. The fourth-order valence-corrected chi connectivity index (χ4v) is 2.96. The Morgan fingerprint density at radius 2 is 2.00 bits per heavy atom. The van der Waals surface area contributed by atoms with E-state index in [9.17, 15) is 8.78 Å². The number of rotatable bonds is 4. The minimum atomic E-state index is -2.22. The zero-order valence-electron chi connectivity index (χ0n) is 11.0. The number of piperazine rings is 1. The van der Waals surface area contributed by atoms with Crippen LogP contribution in [0.3, 0.4) is 0 Å². The monoisotopic (exact) mass is 246 g/mol. The topological polar surface area (TPSA) is 15.3 Å². The number of nitrogens with one attached hydrogen (secondary N) is 1. The van der Waals surface area contributed by atoms with Gasteiger partial charge in [0.15, 0.2) is 0 Å².